The Bertz CT molecular complexity index is 946. The van der Waals surface area contributed by atoms with Gasteiger partial charge in [0.2, 0.25) is 0 Å². The van der Waals surface area contributed by atoms with Crippen molar-refractivity contribution in [3.63, 3.8) is 0 Å². The molecule has 1 aliphatic rings. The van der Waals surface area contributed by atoms with Gasteiger partial charge in [-0.3, -0.25) is 4.79 Å². The van der Waals surface area contributed by atoms with Gasteiger partial charge in [0.25, 0.3) is 5.91 Å². The third kappa shape index (κ3) is 3.28. The summed E-state index contributed by atoms with van der Waals surface area (Å²) in [5.41, 5.74) is 3.90. The molecule has 2 aromatic carbocycles. The van der Waals surface area contributed by atoms with Crippen LogP contribution in [0.4, 0.5) is 0 Å². The number of aromatic nitrogens is 1. The van der Waals surface area contributed by atoms with Crippen LogP contribution in [0.15, 0.2) is 60.9 Å². The highest BCUT2D eigenvalue weighted by atomic mass is 16.5. The van der Waals surface area contributed by atoms with Gasteiger partial charge in [0, 0.05) is 48.4 Å². The van der Waals surface area contributed by atoms with E-state index in [9.17, 15) is 4.79 Å². The van der Waals surface area contributed by atoms with E-state index >= 15 is 0 Å². The van der Waals surface area contributed by atoms with Crippen LogP contribution in [-0.4, -0.2) is 36.1 Å². The Hall–Kier alpha value is -3.21. The highest BCUT2D eigenvalue weighted by Crippen LogP contribution is 2.33. The van der Waals surface area contributed by atoms with Crippen LogP contribution in [0.25, 0.3) is 5.69 Å². The summed E-state index contributed by atoms with van der Waals surface area (Å²) < 4.78 is 12.9. The van der Waals surface area contributed by atoms with Crippen LogP contribution in [0, 0.1) is 0 Å². The largest absolute Gasteiger partial charge is 0.497 e. The van der Waals surface area contributed by atoms with Crippen molar-refractivity contribution in [2.24, 2.45) is 0 Å². The lowest BCUT2D eigenvalue weighted by Gasteiger charge is -2.30. The molecule has 0 N–H and O–H groups in total. The molecule has 4 rings (SSSR count). The molecule has 5 nitrogen and oxygen atoms in total. The second-order valence-electron chi connectivity index (χ2n) is 6.58. The molecule has 0 saturated heterocycles. The smallest absolute Gasteiger partial charge is 0.254 e. The zero-order valence-corrected chi connectivity index (χ0v) is 15.5. The van der Waals surface area contributed by atoms with Gasteiger partial charge in [-0.2, -0.15) is 0 Å². The fourth-order valence-electron chi connectivity index (χ4n) is 3.57. The third-order valence-corrected chi connectivity index (χ3v) is 5.01. The number of carbonyl (C=O) groups excluding carboxylic acids is 1. The summed E-state index contributed by atoms with van der Waals surface area (Å²) in [5.74, 6) is 1.58. The second kappa shape index (κ2) is 7.19. The number of hydrogen-bond donors (Lipinski definition) is 0. The summed E-state index contributed by atoms with van der Waals surface area (Å²) >= 11 is 0. The first-order valence-corrected chi connectivity index (χ1v) is 8.96. The number of methoxy groups -OCH3 is 2. The van der Waals surface area contributed by atoms with Crippen molar-refractivity contribution in [1.29, 1.82) is 0 Å². The number of hydrogen-bond acceptors (Lipinski definition) is 3. The van der Waals surface area contributed by atoms with E-state index in [0.717, 1.165) is 29.2 Å². The molecule has 27 heavy (non-hydrogen) atoms. The van der Waals surface area contributed by atoms with Crippen molar-refractivity contribution in [3.05, 3.63) is 77.6 Å². The number of ether oxygens (including phenoxy) is 2. The minimum atomic E-state index is 0.0347. The Morgan fingerprint density at radius 3 is 2.56 bits per heavy atom. The lowest BCUT2D eigenvalue weighted by atomic mass is 9.97. The maximum absolute atomic E-state index is 13.1. The Morgan fingerprint density at radius 2 is 1.81 bits per heavy atom. The van der Waals surface area contributed by atoms with Crippen LogP contribution in [0.5, 0.6) is 11.5 Å². The molecule has 5 heteroatoms. The van der Waals surface area contributed by atoms with E-state index in [1.165, 1.54) is 5.56 Å². The first-order valence-electron chi connectivity index (χ1n) is 8.96. The van der Waals surface area contributed by atoms with Gasteiger partial charge in [0.1, 0.15) is 11.5 Å². The lowest BCUT2D eigenvalue weighted by Crippen LogP contribution is -2.36. The fourth-order valence-corrected chi connectivity index (χ4v) is 3.57. The van der Waals surface area contributed by atoms with Crippen LogP contribution in [0.1, 0.15) is 21.5 Å². The minimum Gasteiger partial charge on any atom is -0.497 e. The van der Waals surface area contributed by atoms with Crippen molar-refractivity contribution < 1.29 is 14.3 Å². The molecular formula is C22H22N2O3. The van der Waals surface area contributed by atoms with Crippen molar-refractivity contribution in [1.82, 2.24) is 9.47 Å². The zero-order chi connectivity index (χ0) is 18.8. The zero-order valence-electron chi connectivity index (χ0n) is 15.5. The summed E-state index contributed by atoms with van der Waals surface area (Å²) in [7, 11) is 3.30. The Kier molecular flexibility index (Phi) is 4.59. The van der Waals surface area contributed by atoms with Crippen molar-refractivity contribution >= 4 is 5.91 Å². The first kappa shape index (κ1) is 17.2. The molecule has 1 aromatic heterocycles. The minimum absolute atomic E-state index is 0.0347. The molecule has 0 bridgehead atoms. The topological polar surface area (TPSA) is 43.7 Å². The number of carbonyl (C=O) groups is 1. The van der Waals surface area contributed by atoms with Crippen LogP contribution < -0.4 is 9.47 Å². The molecular weight excluding hydrogens is 340 g/mol. The molecule has 0 spiro atoms. The van der Waals surface area contributed by atoms with Crippen LogP contribution in [0.2, 0.25) is 0 Å². The monoisotopic (exact) mass is 362 g/mol. The van der Waals surface area contributed by atoms with E-state index in [-0.39, 0.29) is 5.91 Å². The van der Waals surface area contributed by atoms with Gasteiger partial charge in [-0.1, -0.05) is 6.07 Å². The van der Waals surface area contributed by atoms with E-state index in [4.69, 9.17) is 9.47 Å². The fraction of sp³-hybridized carbons (Fsp3) is 0.227. The molecule has 1 amide bonds. The van der Waals surface area contributed by atoms with Crippen LogP contribution >= 0.6 is 0 Å². The molecule has 0 atom stereocenters. The van der Waals surface area contributed by atoms with Crippen LogP contribution in [-0.2, 0) is 13.0 Å². The van der Waals surface area contributed by atoms with Crippen molar-refractivity contribution in [2.45, 2.75) is 13.0 Å². The molecule has 0 fully saturated rings. The highest BCUT2D eigenvalue weighted by Gasteiger charge is 2.25. The maximum atomic E-state index is 13.1. The predicted octanol–water partition coefficient (Wildman–Crippen LogP) is 3.69. The van der Waals surface area contributed by atoms with Gasteiger partial charge in [-0.25, -0.2) is 0 Å². The summed E-state index contributed by atoms with van der Waals surface area (Å²) in [5, 5.41) is 0. The SMILES string of the molecule is COc1cc2c(c(OC)c1)CN(C(=O)c1cccc(-n3cccc3)c1)CC2. The number of rotatable bonds is 4. The van der Waals surface area contributed by atoms with E-state index < -0.39 is 0 Å². The third-order valence-electron chi connectivity index (χ3n) is 5.01. The van der Waals surface area contributed by atoms with Gasteiger partial charge in [0.05, 0.1) is 14.2 Å². The van der Waals surface area contributed by atoms with Gasteiger partial charge < -0.3 is 18.9 Å². The van der Waals surface area contributed by atoms with E-state index in [1.54, 1.807) is 14.2 Å². The van der Waals surface area contributed by atoms with Gasteiger partial charge in [-0.05, 0) is 48.4 Å². The van der Waals surface area contributed by atoms with Gasteiger partial charge in [0.15, 0.2) is 0 Å². The summed E-state index contributed by atoms with van der Waals surface area (Å²) in [6.07, 6.45) is 4.73. The van der Waals surface area contributed by atoms with Gasteiger partial charge in [-0.15, -0.1) is 0 Å². The number of benzene rings is 2. The average molecular weight is 362 g/mol. The molecule has 1 aliphatic heterocycles. The predicted molar refractivity (Wildman–Crippen MR) is 104 cm³/mol. The van der Waals surface area contributed by atoms with E-state index in [2.05, 4.69) is 0 Å². The molecule has 0 saturated carbocycles. The molecule has 0 radical (unpaired) electrons. The van der Waals surface area contributed by atoms with Crippen molar-refractivity contribution in [2.75, 3.05) is 20.8 Å². The molecule has 138 valence electrons. The Morgan fingerprint density at radius 1 is 1.00 bits per heavy atom. The number of amides is 1. The highest BCUT2D eigenvalue weighted by molar-refractivity contribution is 5.95. The molecule has 3 aromatic rings. The summed E-state index contributed by atoms with van der Waals surface area (Å²) in [4.78, 5) is 15.0. The Labute approximate surface area is 158 Å². The average Bonchev–Trinajstić information content (AvgIpc) is 3.27. The quantitative estimate of drug-likeness (QED) is 0.711. The van der Waals surface area contributed by atoms with Crippen LogP contribution in [0.3, 0.4) is 0 Å². The summed E-state index contributed by atoms with van der Waals surface area (Å²) in [6.45, 7) is 1.21. The second-order valence-corrected chi connectivity index (χ2v) is 6.58. The van der Waals surface area contributed by atoms with E-state index in [0.29, 0.717) is 18.7 Å². The number of nitrogens with zero attached hydrogens (tertiary/aromatic N) is 2. The molecule has 0 aliphatic carbocycles. The Balaban J connectivity index is 1.61. The standard InChI is InChI=1S/C22H22N2O3/c1-26-19-13-16-8-11-24(15-20(16)21(14-19)27-2)22(25)17-6-5-7-18(12-17)23-9-3-4-10-23/h3-7,9-10,12-14H,8,11,15H2,1-2H3. The number of fused-ring (bicyclic) bond motifs is 1. The molecule has 2 heterocycles. The lowest BCUT2D eigenvalue weighted by molar-refractivity contribution is 0.0733. The van der Waals surface area contributed by atoms with E-state index in [1.807, 2.05) is 70.4 Å². The van der Waals surface area contributed by atoms with Crippen molar-refractivity contribution in [3.8, 4) is 17.2 Å². The van der Waals surface area contributed by atoms with Gasteiger partial charge >= 0.3 is 0 Å². The summed E-state index contributed by atoms with van der Waals surface area (Å²) in [6, 6.07) is 15.6. The first-order chi connectivity index (χ1) is 13.2. The maximum Gasteiger partial charge on any atom is 0.254 e. The molecule has 0 unspecified atom stereocenters. The normalized spacial score (nSPS) is 13.2.